The Bertz CT molecular complexity index is 2410. The first-order chi connectivity index (χ1) is 29.4. The van der Waals surface area contributed by atoms with Gasteiger partial charge in [0.25, 0.3) is 5.91 Å². The van der Waals surface area contributed by atoms with Gasteiger partial charge in [-0.1, -0.05) is 47.6 Å². The summed E-state index contributed by atoms with van der Waals surface area (Å²) in [7, 11) is -2.31. The van der Waals surface area contributed by atoms with Gasteiger partial charge in [0.2, 0.25) is 21.8 Å². The van der Waals surface area contributed by atoms with Crippen LogP contribution in [0.3, 0.4) is 0 Å². The van der Waals surface area contributed by atoms with E-state index in [0.29, 0.717) is 38.9 Å². The van der Waals surface area contributed by atoms with Gasteiger partial charge in [-0.3, -0.25) is 14.4 Å². The Hall–Kier alpha value is -5.50. The van der Waals surface area contributed by atoms with Crippen LogP contribution in [0.1, 0.15) is 74.7 Å². The molecule has 1 aromatic carbocycles. The number of fused-ring (bicyclic) bond motifs is 1. The Morgan fingerprint density at radius 2 is 1.67 bits per heavy atom. The van der Waals surface area contributed by atoms with Crippen LogP contribution in [0.15, 0.2) is 42.3 Å². The molecule has 5 amide bonds. The van der Waals surface area contributed by atoms with E-state index < -0.39 is 86.3 Å². The first-order valence-corrected chi connectivity index (χ1v) is 23.3. The molecule has 2 saturated heterocycles. The Morgan fingerprint density at radius 3 is 2.22 bits per heavy atom. The molecule has 6 atom stereocenters. The molecule has 3 aliphatic rings. The molecule has 1 aliphatic carbocycles. The average molecular weight is 911 g/mol. The number of likely N-dealkylation sites (tertiary alicyclic amines) is 1. The fourth-order valence-electron chi connectivity index (χ4n) is 7.91. The number of nitrogens with one attached hydrogen (secondary N) is 4. The highest BCUT2D eigenvalue weighted by atomic mass is 32.2. The number of hydrogen-bond donors (Lipinski definition) is 5. The fourth-order valence-corrected chi connectivity index (χ4v) is 10.3. The number of aliphatic carboxylic acids is 1. The van der Waals surface area contributed by atoms with Gasteiger partial charge in [-0.2, -0.15) is 0 Å². The lowest BCUT2D eigenvalue weighted by atomic mass is 9.85. The Kier molecular flexibility index (Phi) is 13.1. The van der Waals surface area contributed by atoms with Crippen LogP contribution in [0, 0.1) is 16.7 Å². The number of pyridine rings is 1. The summed E-state index contributed by atoms with van der Waals surface area (Å²) >= 11 is 1.42. The summed E-state index contributed by atoms with van der Waals surface area (Å²) in [5, 5.41) is 24.7. The molecule has 3 aromatic rings. The minimum atomic E-state index is -3.85. The SMILES string of the molecule is C=CC1C[C@]1(NC(=O)[C@@H]1C[C@@H](Oc2cc(-c3csc(NC(C)C)n3)nc3cc(OC)ccc23)CN1C(=O)[C@@H](NC(=O)N[C@H](C(=O)N1CCCS1(=O)=O)C(C)(C)C)C(C)(C)C)C(=O)O. The Balaban J connectivity index is 1.33. The highest BCUT2D eigenvalue weighted by Crippen LogP contribution is 2.45. The van der Waals surface area contributed by atoms with E-state index in [4.69, 9.17) is 19.4 Å². The lowest BCUT2D eigenvalue weighted by Gasteiger charge is -2.37. The molecule has 0 bridgehead atoms. The third-order valence-electron chi connectivity index (χ3n) is 11.4. The van der Waals surface area contributed by atoms with Gasteiger partial charge in [0, 0.05) is 47.8 Å². The number of benzene rings is 1. The summed E-state index contributed by atoms with van der Waals surface area (Å²) < 4.78 is 38.4. The molecule has 20 heteroatoms. The predicted molar refractivity (Wildman–Crippen MR) is 238 cm³/mol. The summed E-state index contributed by atoms with van der Waals surface area (Å²) in [5.41, 5.74) is -1.88. The number of rotatable bonds is 14. The number of hydrogen-bond acceptors (Lipinski definition) is 13. The number of carbonyl (C=O) groups is 5. The number of nitrogens with zero attached hydrogens (tertiary/aromatic N) is 4. The van der Waals surface area contributed by atoms with Crippen molar-refractivity contribution in [2.24, 2.45) is 16.7 Å². The summed E-state index contributed by atoms with van der Waals surface area (Å²) in [6, 6.07) is 2.48. The molecule has 4 heterocycles. The normalized spacial score (nSPS) is 22.9. The van der Waals surface area contributed by atoms with Crippen molar-refractivity contribution in [1.29, 1.82) is 0 Å². The van der Waals surface area contributed by atoms with E-state index in [-0.39, 0.29) is 44.1 Å². The monoisotopic (exact) mass is 910 g/mol. The Labute approximate surface area is 371 Å². The number of sulfonamides is 1. The number of carbonyl (C=O) groups excluding carboxylic acids is 4. The van der Waals surface area contributed by atoms with Crippen molar-refractivity contribution >= 4 is 67.1 Å². The zero-order chi connectivity index (χ0) is 46.4. The van der Waals surface area contributed by atoms with Crippen LogP contribution >= 0.6 is 11.3 Å². The van der Waals surface area contributed by atoms with Crippen molar-refractivity contribution in [2.45, 2.75) is 110 Å². The van der Waals surface area contributed by atoms with Crippen LogP contribution in [-0.2, 0) is 29.2 Å². The number of ether oxygens (including phenoxy) is 2. The second kappa shape index (κ2) is 17.6. The van der Waals surface area contributed by atoms with Gasteiger partial charge in [-0.15, -0.1) is 17.9 Å². The second-order valence-electron chi connectivity index (χ2n) is 18.8. The van der Waals surface area contributed by atoms with E-state index in [2.05, 4.69) is 27.8 Å². The lowest BCUT2D eigenvalue weighted by Crippen LogP contribution is -2.62. The Morgan fingerprint density at radius 1 is 1.00 bits per heavy atom. The lowest BCUT2D eigenvalue weighted by molar-refractivity contribution is -0.146. The van der Waals surface area contributed by atoms with E-state index in [1.54, 1.807) is 72.9 Å². The van der Waals surface area contributed by atoms with Crippen molar-refractivity contribution in [3.8, 4) is 22.9 Å². The highest BCUT2D eigenvalue weighted by molar-refractivity contribution is 7.89. The number of carboxylic acid groups (broad SMARTS) is 1. The van der Waals surface area contributed by atoms with Gasteiger partial charge in [0.15, 0.2) is 5.13 Å². The highest BCUT2D eigenvalue weighted by Gasteiger charge is 2.61. The molecule has 3 fully saturated rings. The fraction of sp³-hybridized carbons (Fsp3) is 0.558. The van der Waals surface area contributed by atoms with Crippen LogP contribution in [-0.4, -0.2) is 124 Å². The van der Waals surface area contributed by atoms with Crippen molar-refractivity contribution in [3.05, 3.63) is 42.3 Å². The molecular formula is C43H58N8O10S2. The number of aromatic nitrogens is 2. The predicted octanol–water partition coefficient (Wildman–Crippen LogP) is 4.37. The summed E-state index contributed by atoms with van der Waals surface area (Å²) in [6.45, 7) is 17.8. The van der Waals surface area contributed by atoms with Gasteiger partial charge < -0.3 is 40.7 Å². The molecule has 1 saturated carbocycles. The standard InChI is InChI=1S/C43H58N8O10S2/c1-11-24-20-43(24,38(55)56)49-35(52)31-18-26(61-32-19-29(30-22-62-40(46-30)44-23(2)3)45-28-17-25(60-10)13-14-27(28)32)21-50(31)36(53)33(41(4,5)6)47-39(57)48-34(42(7,8)9)37(54)51-15-12-16-63(51,58)59/h11,13-14,17,19,22-24,26,31,33-34H,1,12,15-16,18,20-21H2,2-10H3,(H,44,46)(H,49,52)(H,55,56)(H2,47,48,57)/t24?,26-,31+,33-,34-,43-/m1/s1. The maximum Gasteiger partial charge on any atom is 0.330 e. The first kappa shape index (κ1) is 47.0. The van der Waals surface area contributed by atoms with Crippen LogP contribution in [0.2, 0.25) is 0 Å². The van der Waals surface area contributed by atoms with E-state index in [1.807, 2.05) is 19.2 Å². The van der Waals surface area contributed by atoms with Gasteiger partial charge in [0.05, 0.1) is 30.6 Å². The minimum Gasteiger partial charge on any atom is -0.497 e. The zero-order valence-corrected chi connectivity index (χ0v) is 38.7. The molecule has 63 heavy (non-hydrogen) atoms. The van der Waals surface area contributed by atoms with Gasteiger partial charge in [-0.05, 0) is 49.7 Å². The number of thiazole rings is 1. The first-order valence-electron chi connectivity index (χ1n) is 20.9. The molecule has 18 nitrogen and oxygen atoms in total. The maximum absolute atomic E-state index is 14.9. The molecule has 0 radical (unpaired) electrons. The number of carboxylic acids is 1. The van der Waals surface area contributed by atoms with Crippen molar-refractivity contribution in [1.82, 2.24) is 35.1 Å². The topological polar surface area (TPSA) is 239 Å². The average Bonchev–Trinajstić information content (AvgIpc) is 3.47. The molecule has 6 rings (SSSR count). The second-order valence-corrected chi connectivity index (χ2v) is 21.7. The molecule has 2 aliphatic heterocycles. The zero-order valence-electron chi connectivity index (χ0n) is 37.1. The van der Waals surface area contributed by atoms with Crippen LogP contribution in [0.5, 0.6) is 11.5 Å². The summed E-state index contributed by atoms with van der Waals surface area (Å²) in [4.78, 5) is 80.1. The quantitative estimate of drug-likeness (QED) is 0.142. The van der Waals surface area contributed by atoms with E-state index in [1.165, 1.54) is 22.3 Å². The number of anilines is 1. The van der Waals surface area contributed by atoms with Crippen LogP contribution in [0.25, 0.3) is 22.3 Å². The van der Waals surface area contributed by atoms with E-state index >= 15 is 0 Å². The van der Waals surface area contributed by atoms with Crippen molar-refractivity contribution in [3.63, 3.8) is 0 Å². The van der Waals surface area contributed by atoms with Gasteiger partial charge >= 0.3 is 12.0 Å². The minimum absolute atomic E-state index is 0.00905. The van der Waals surface area contributed by atoms with Crippen molar-refractivity contribution in [2.75, 3.05) is 31.3 Å². The van der Waals surface area contributed by atoms with E-state index in [9.17, 15) is 37.5 Å². The molecule has 342 valence electrons. The summed E-state index contributed by atoms with van der Waals surface area (Å²) in [6.07, 6.45) is 1.00. The number of urea groups is 1. The molecule has 1 unspecified atom stereocenters. The van der Waals surface area contributed by atoms with Gasteiger partial charge in [0.1, 0.15) is 47.0 Å². The van der Waals surface area contributed by atoms with Crippen LogP contribution < -0.4 is 30.7 Å². The molecule has 2 aromatic heterocycles. The smallest absolute Gasteiger partial charge is 0.330 e. The molecular weight excluding hydrogens is 853 g/mol. The van der Waals surface area contributed by atoms with Crippen LogP contribution in [0.4, 0.5) is 9.93 Å². The van der Waals surface area contributed by atoms with Gasteiger partial charge in [-0.25, -0.2) is 32.3 Å². The maximum atomic E-state index is 14.9. The summed E-state index contributed by atoms with van der Waals surface area (Å²) in [5.74, 6) is -3.18. The molecule has 0 spiro atoms. The third kappa shape index (κ3) is 10.0. The van der Waals surface area contributed by atoms with E-state index in [0.717, 1.165) is 4.31 Å². The number of amides is 5. The largest absolute Gasteiger partial charge is 0.497 e. The van der Waals surface area contributed by atoms with Crippen molar-refractivity contribution < 1.29 is 47.0 Å². The number of methoxy groups -OCH3 is 1. The molecule has 5 N–H and O–H groups in total. The third-order valence-corrected chi connectivity index (χ3v) is 14.1.